The summed E-state index contributed by atoms with van der Waals surface area (Å²) in [4.78, 5) is 25.8. The van der Waals surface area contributed by atoms with Crippen molar-refractivity contribution in [2.75, 3.05) is 0 Å². The number of carbonyl (C=O) groups excluding carboxylic acids is 1. The van der Waals surface area contributed by atoms with Crippen molar-refractivity contribution < 1.29 is 14.7 Å². The zero-order chi connectivity index (χ0) is 14.8. The molecular weight excluding hydrogens is 254 g/mol. The predicted octanol–water partition coefficient (Wildman–Crippen LogP) is 2.68. The molecule has 108 valence electrons. The molecule has 0 unspecified atom stereocenters. The summed E-state index contributed by atoms with van der Waals surface area (Å²) in [6, 6.07) is 9.67. The molecule has 4 nitrogen and oxygen atoms in total. The highest BCUT2D eigenvalue weighted by Crippen LogP contribution is 2.43. The molecule has 1 amide bonds. The fraction of sp³-hybridized carbons (Fsp3) is 0.500. The lowest BCUT2D eigenvalue weighted by Crippen LogP contribution is -2.54. The molecule has 0 bridgehead atoms. The van der Waals surface area contributed by atoms with Gasteiger partial charge in [0.05, 0.1) is 0 Å². The topological polar surface area (TPSA) is 57.6 Å². The second-order valence-corrected chi connectivity index (χ2v) is 5.75. The van der Waals surface area contributed by atoms with E-state index >= 15 is 0 Å². The van der Waals surface area contributed by atoms with Crippen LogP contribution < -0.4 is 0 Å². The summed E-state index contributed by atoms with van der Waals surface area (Å²) in [7, 11) is 0. The molecule has 0 aromatic heterocycles. The van der Waals surface area contributed by atoms with Gasteiger partial charge in [-0.3, -0.25) is 9.59 Å². The van der Waals surface area contributed by atoms with E-state index in [1.54, 1.807) is 4.90 Å². The van der Waals surface area contributed by atoms with E-state index in [4.69, 9.17) is 0 Å². The number of carboxylic acid groups (broad SMARTS) is 1. The van der Waals surface area contributed by atoms with Crippen LogP contribution in [-0.4, -0.2) is 27.9 Å². The molecule has 1 N–H and O–H groups in total. The summed E-state index contributed by atoms with van der Waals surface area (Å²) < 4.78 is 0. The van der Waals surface area contributed by atoms with Gasteiger partial charge in [-0.05, 0) is 32.3 Å². The van der Waals surface area contributed by atoms with E-state index in [2.05, 4.69) is 0 Å². The fourth-order valence-corrected chi connectivity index (χ4v) is 2.59. The first-order valence-electron chi connectivity index (χ1n) is 7.06. The van der Waals surface area contributed by atoms with Crippen LogP contribution in [0.25, 0.3) is 0 Å². The molecule has 1 fully saturated rings. The van der Waals surface area contributed by atoms with Gasteiger partial charge in [0, 0.05) is 12.6 Å². The average Bonchev–Trinajstić information content (AvgIpc) is 2.34. The van der Waals surface area contributed by atoms with Crippen LogP contribution in [0.4, 0.5) is 0 Å². The quantitative estimate of drug-likeness (QED) is 0.840. The number of rotatable bonds is 5. The van der Waals surface area contributed by atoms with Gasteiger partial charge < -0.3 is 10.0 Å². The van der Waals surface area contributed by atoms with E-state index in [0.717, 1.165) is 12.0 Å². The standard InChI is InChI=1S/C16H21NO3/c1-12(2)17(11-13-7-4-3-5-8-13)14(18)16(15(19)20)9-6-10-16/h3-5,7-8,12H,6,9-11H2,1-2H3,(H,19,20). The number of hydrogen-bond donors (Lipinski definition) is 1. The summed E-state index contributed by atoms with van der Waals surface area (Å²) in [5.41, 5.74) is -0.159. The second-order valence-electron chi connectivity index (χ2n) is 5.75. The Kier molecular flexibility index (Phi) is 4.12. The van der Waals surface area contributed by atoms with Gasteiger partial charge in [-0.15, -0.1) is 0 Å². The number of benzene rings is 1. The lowest BCUT2D eigenvalue weighted by atomic mass is 9.67. The van der Waals surface area contributed by atoms with Crippen molar-refractivity contribution in [3.05, 3.63) is 35.9 Å². The highest BCUT2D eigenvalue weighted by Gasteiger charge is 2.53. The monoisotopic (exact) mass is 275 g/mol. The van der Waals surface area contributed by atoms with E-state index in [1.165, 1.54) is 0 Å². The van der Waals surface area contributed by atoms with Gasteiger partial charge in [-0.2, -0.15) is 0 Å². The normalized spacial score (nSPS) is 16.6. The molecule has 0 atom stereocenters. The van der Waals surface area contributed by atoms with Crippen molar-refractivity contribution in [1.29, 1.82) is 0 Å². The van der Waals surface area contributed by atoms with Crippen LogP contribution in [0, 0.1) is 5.41 Å². The average molecular weight is 275 g/mol. The van der Waals surface area contributed by atoms with Crippen LogP contribution in [-0.2, 0) is 16.1 Å². The Morgan fingerprint density at radius 2 is 1.85 bits per heavy atom. The molecule has 1 aliphatic rings. The summed E-state index contributed by atoms with van der Waals surface area (Å²) in [5, 5.41) is 9.40. The van der Waals surface area contributed by atoms with Crippen molar-refractivity contribution in [1.82, 2.24) is 4.90 Å². The Morgan fingerprint density at radius 1 is 1.25 bits per heavy atom. The third-order valence-electron chi connectivity index (χ3n) is 4.11. The van der Waals surface area contributed by atoms with Crippen LogP contribution in [0.1, 0.15) is 38.7 Å². The molecule has 0 saturated heterocycles. The number of hydrogen-bond acceptors (Lipinski definition) is 2. The molecule has 0 heterocycles. The number of carbonyl (C=O) groups is 2. The molecule has 4 heteroatoms. The van der Waals surface area contributed by atoms with Crippen LogP contribution in [0.5, 0.6) is 0 Å². The maximum atomic E-state index is 12.7. The zero-order valence-corrected chi connectivity index (χ0v) is 12.0. The zero-order valence-electron chi connectivity index (χ0n) is 12.0. The highest BCUT2D eigenvalue weighted by atomic mass is 16.4. The van der Waals surface area contributed by atoms with Gasteiger partial charge in [-0.1, -0.05) is 36.8 Å². The molecule has 0 aliphatic heterocycles. The largest absolute Gasteiger partial charge is 0.480 e. The first-order chi connectivity index (χ1) is 9.47. The van der Waals surface area contributed by atoms with Gasteiger partial charge in [0.2, 0.25) is 5.91 Å². The van der Waals surface area contributed by atoms with E-state index in [-0.39, 0.29) is 11.9 Å². The first kappa shape index (κ1) is 14.6. The van der Waals surface area contributed by atoms with E-state index < -0.39 is 11.4 Å². The van der Waals surface area contributed by atoms with Crippen LogP contribution in [0.3, 0.4) is 0 Å². The first-order valence-corrected chi connectivity index (χ1v) is 7.06. The number of aliphatic carboxylic acids is 1. The number of nitrogens with zero attached hydrogens (tertiary/aromatic N) is 1. The molecule has 2 rings (SSSR count). The van der Waals surface area contributed by atoms with Crippen molar-refractivity contribution in [3.8, 4) is 0 Å². The lowest BCUT2D eigenvalue weighted by molar-refractivity contribution is -0.168. The SMILES string of the molecule is CC(C)N(Cc1ccccc1)C(=O)C1(C(=O)O)CCC1. The van der Waals surface area contributed by atoms with E-state index in [1.807, 2.05) is 44.2 Å². The Hall–Kier alpha value is -1.84. The molecule has 1 saturated carbocycles. The molecule has 0 radical (unpaired) electrons. The maximum absolute atomic E-state index is 12.7. The molecule has 1 aromatic rings. The van der Waals surface area contributed by atoms with Crippen LogP contribution >= 0.6 is 0 Å². The third-order valence-corrected chi connectivity index (χ3v) is 4.11. The van der Waals surface area contributed by atoms with Gasteiger partial charge >= 0.3 is 5.97 Å². The predicted molar refractivity (Wildman–Crippen MR) is 76.0 cm³/mol. The van der Waals surface area contributed by atoms with Crippen molar-refractivity contribution in [3.63, 3.8) is 0 Å². The molecule has 0 spiro atoms. The molecular formula is C16H21NO3. The summed E-state index contributed by atoms with van der Waals surface area (Å²) in [5.74, 6) is -1.22. The smallest absolute Gasteiger partial charge is 0.319 e. The molecule has 1 aromatic carbocycles. The second kappa shape index (κ2) is 5.65. The van der Waals surface area contributed by atoms with Crippen molar-refractivity contribution in [2.45, 2.75) is 45.7 Å². The molecule has 1 aliphatic carbocycles. The Balaban J connectivity index is 2.21. The van der Waals surface area contributed by atoms with Gasteiger partial charge in [0.25, 0.3) is 0 Å². The number of amides is 1. The van der Waals surface area contributed by atoms with Crippen LogP contribution in [0.15, 0.2) is 30.3 Å². The van der Waals surface area contributed by atoms with Crippen molar-refractivity contribution >= 4 is 11.9 Å². The van der Waals surface area contributed by atoms with Gasteiger partial charge in [0.1, 0.15) is 5.41 Å². The number of carboxylic acids is 1. The Labute approximate surface area is 119 Å². The maximum Gasteiger partial charge on any atom is 0.319 e. The summed E-state index contributed by atoms with van der Waals surface area (Å²) >= 11 is 0. The minimum absolute atomic E-state index is 0.0143. The summed E-state index contributed by atoms with van der Waals surface area (Å²) in [6.45, 7) is 4.32. The lowest BCUT2D eigenvalue weighted by Gasteiger charge is -2.41. The Bertz CT molecular complexity index is 492. The summed E-state index contributed by atoms with van der Waals surface area (Å²) in [6.07, 6.45) is 1.73. The third kappa shape index (κ3) is 2.55. The minimum Gasteiger partial charge on any atom is -0.480 e. The Morgan fingerprint density at radius 3 is 2.25 bits per heavy atom. The minimum atomic E-state index is -1.18. The van der Waals surface area contributed by atoms with Gasteiger partial charge in [0.15, 0.2) is 0 Å². The fourth-order valence-electron chi connectivity index (χ4n) is 2.59. The molecule has 20 heavy (non-hydrogen) atoms. The van der Waals surface area contributed by atoms with E-state index in [9.17, 15) is 14.7 Å². The van der Waals surface area contributed by atoms with Gasteiger partial charge in [-0.25, -0.2) is 0 Å². The van der Waals surface area contributed by atoms with Crippen molar-refractivity contribution in [2.24, 2.45) is 5.41 Å². The highest BCUT2D eigenvalue weighted by molar-refractivity contribution is 6.02. The van der Waals surface area contributed by atoms with E-state index in [0.29, 0.717) is 19.4 Å². The van der Waals surface area contributed by atoms with Crippen LogP contribution in [0.2, 0.25) is 0 Å².